The zero-order chi connectivity index (χ0) is 8.81. The number of allylic oxidation sites excluding steroid dienone is 8. The third-order valence-electron chi connectivity index (χ3n) is 1.91. The maximum Gasteiger partial charge on any atom is -0.0160 e. The van der Waals surface area contributed by atoms with E-state index >= 15 is 0 Å². The number of rotatable bonds is 0. The Labute approximate surface area is 75.0 Å². The minimum Gasteiger partial charge on any atom is -0.0805 e. The maximum absolute atomic E-state index is 2.21. The standard InChI is InChI=1S/2C6H8/c2*1-6-4-2-3-5-6/h2*2,4-5H,3H2,1H3. The second-order valence-electron chi connectivity index (χ2n) is 3.17. The van der Waals surface area contributed by atoms with E-state index in [9.17, 15) is 0 Å². The monoisotopic (exact) mass is 160 g/mol. The quantitative estimate of drug-likeness (QED) is 0.506. The average molecular weight is 160 g/mol. The number of hydrogen-bond donors (Lipinski definition) is 0. The molecule has 0 aromatic carbocycles. The van der Waals surface area contributed by atoms with Crippen LogP contribution in [0.5, 0.6) is 0 Å². The van der Waals surface area contributed by atoms with Gasteiger partial charge in [-0.05, 0) is 26.7 Å². The van der Waals surface area contributed by atoms with Crippen molar-refractivity contribution in [2.75, 3.05) is 0 Å². The van der Waals surface area contributed by atoms with Gasteiger partial charge >= 0.3 is 0 Å². The van der Waals surface area contributed by atoms with Crippen LogP contribution in [0.4, 0.5) is 0 Å². The topological polar surface area (TPSA) is 0 Å². The van der Waals surface area contributed by atoms with Crippen LogP contribution in [-0.4, -0.2) is 0 Å². The maximum atomic E-state index is 2.21. The van der Waals surface area contributed by atoms with Gasteiger partial charge in [-0.15, -0.1) is 0 Å². The summed E-state index contributed by atoms with van der Waals surface area (Å²) in [5.74, 6) is 0. The Bertz CT molecular complexity index is 216. The number of hydrogen-bond acceptors (Lipinski definition) is 0. The molecular weight excluding hydrogens is 144 g/mol. The van der Waals surface area contributed by atoms with Crippen molar-refractivity contribution in [3.05, 3.63) is 47.6 Å². The zero-order valence-corrected chi connectivity index (χ0v) is 7.88. The van der Waals surface area contributed by atoms with E-state index < -0.39 is 0 Å². The van der Waals surface area contributed by atoms with E-state index in [2.05, 4.69) is 50.3 Å². The van der Waals surface area contributed by atoms with E-state index in [-0.39, 0.29) is 0 Å². The highest BCUT2D eigenvalue weighted by atomic mass is 13.9. The normalized spacial score (nSPS) is 18.5. The molecule has 2 rings (SSSR count). The average Bonchev–Trinajstić information content (AvgIpc) is 2.63. The van der Waals surface area contributed by atoms with E-state index in [0.29, 0.717) is 0 Å². The van der Waals surface area contributed by atoms with Crippen LogP contribution in [0.15, 0.2) is 47.6 Å². The van der Waals surface area contributed by atoms with Gasteiger partial charge in [0, 0.05) is 0 Å². The Morgan fingerprint density at radius 3 is 1.33 bits per heavy atom. The molecule has 64 valence electrons. The summed E-state index contributed by atoms with van der Waals surface area (Å²) in [6.45, 7) is 4.23. The smallest absolute Gasteiger partial charge is 0.0160 e. The molecule has 0 radical (unpaired) electrons. The Hall–Kier alpha value is -1.04. The first-order chi connectivity index (χ1) is 5.79. The fourth-order valence-electron chi connectivity index (χ4n) is 1.15. The van der Waals surface area contributed by atoms with Gasteiger partial charge in [-0.25, -0.2) is 0 Å². The largest absolute Gasteiger partial charge is 0.0805 e. The molecule has 0 aromatic heterocycles. The zero-order valence-electron chi connectivity index (χ0n) is 7.88. The molecule has 0 N–H and O–H groups in total. The van der Waals surface area contributed by atoms with Gasteiger partial charge in [-0.2, -0.15) is 0 Å². The van der Waals surface area contributed by atoms with E-state index in [0.717, 1.165) is 12.8 Å². The molecule has 0 heterocycles. The van der Waals surface area contributed by atoms with E-state index in [1.165, 1.54) is 11.1 Å². The summed E-state index contributed by atoms with van der Waals surface area (Å²) in [7, 11) is 0. The van der Waals surface area contributed by atoms with Gasteiger partial charge in [-0.3, -0.25) is 0 Å². The van der Waals surface area contributed by atoms with Crippen LogP contribution in [0.3, 0.4) is 0 Å². The van der Waals surface area contributed by atoms with Crippen molar-refractivity contribution in [1.29, 1.82) is 0 Å². The molecule has 0 atom stereocenters. The molecular formula is C12H16. The van der Waals surface area contributed by atoms with E-state index in [4.69, 9.17) is 0 Å². The van der Waals surface area contributed by atoms with Gasteiger partial charge in [-0.1, -0.05) is 47.6 Å². The summed E-state index contributed by atoms with van der Waals surface area (Å²) in [5, 5.41) is 0. The van der Waals surface area contributed by atoms with Gasteiger partial charge in [0.25, 0.3) is 0 Å². The molecule has 0 aliphatic heterocycles. The molecule has 0 saturated carbocycles. The van der Waals surface area contributed by atoms with E-state index in [1.54, 1.807) is 0 Å². The van der Waals surface area contributed by atoms with Crippen LogP contribution in [-0.2, 0) is 0 Å². The van der Waals surface area contributed by atoms with Gasteiger partial charge < -0.3 is 0 Å². The lowest BCUT2D eigenvalue weighted by Gasteiger charge is -1.72. The fraction of sp³-hybridized carbons (Fsp3) is 0.333. The second-order valence-corrected chi connectivity index (χ2v) is 3.17. The molecule has 0 fully saturated rings. The Kier molecular flexibility index (Phi) is 3.59. The second kappa shape index (κ2) is 4.76. The third kappa shape index (κ3) is 3.38. The van der Waals surface area contributed by atoms with Crippen molar-refractivity contribution < 1.29 is 0 Å². The SMILES string of the molecule is CC1=CCC=C1.CC1=CCC=C1. The molecule has 0 unspecified atom stereocenters. The molecule has 0 spiro atoms. The summed E-state index contributed by atoms with van der Waals surface area (Å²) >= 11 is 0. The molecule has 0 amide bonds. The van der Waals surface area contributed by atoms with Crippen molar-refractivity contribution in [1.82, 2.24) is 0 Å². The molecule has 0 nitrogen and oxygen atoms in total. The van der Waals surface area contributed by atoms with Crippen molar-refractivity contribution >= 4 is 0 Å². The van der Waals surface area contributed by atoms with Crippen LogP contribution in [0, 0.1) is 0 Å². The first kappa shape index (κ1) is 9.05. The first-order valence-corrected chi connectivity index (χ1v) is 4.45. The summed E-state index contributed by atoms with van der Waals surface area (Å²) in [6, 6.07) is 0. The van der Waals surface area contributed by atoms with E-state index in [1.807, 2.05) is 0 Å². The predicted octanol–water partition coefficient (Wildman–Crippen LogP) is 3.79. The van der Waals surface area contributed by atoms with Gasteiger partial charge in [0.2, 0.25) is 0 Å². The highest BCUT2D eigenvalue weighted by molar-refractivity contribution is 5.23. The molecule has 0 aromatic rings. The lowest BCUT2D eigenvalue weighted by molar-refractivity contribution is 1.42. The minimum absolute atomic E-state index is 1.14. The summed E-state index contributed by atoms with van der Waals surface area (Å²) in [5.41, 5.74) is 2.80. The van der Waals surface area contributed by atoms with Crippen LogP contribution in [0.1, 0.15) is 26.7 Å². The van der Waals surface area contributed by atoms with Crippen LogP contribution >= 0.6 is 0 Å². The summed E-state index contributed by atoms with van der Waals surface area (Å²) < 4.78 is 0. The van der Waals surface area contributed by atoms with Crippen molar-refractivity contribution in [3.8, 4) is 0 Å². The first-order valence-electron chi connectivity index (χ1n) is 4.45. The van der Waals surface area contributed by atoms with Crippen molar-refractivity contribution in [3.63, 3.8) is 0 Å². The molecule has 12 heavy (non-hydrogen) atoms. The highest BCUT2D eigenvalue weighted by Crippen LogP contribution is 2.05. The lowest BCUT2D eigenvalue weighted by Crippen LogP contribution is -1.51. The van der Waals surface area contributed by atoms with Crippen molar-refractivity contribution in [2.45, 2.75) is 26.7 Å². The molecule has 0 saturated heterocycles. The Morgan fingerprint density at radius 2 is 1.25 bits per heavy atom. The van der Waals surface area contributed by atoms with Crippen molar-refractivity contribution in [2.24, 2.45) is 0 Å². The summed E-state index contributed by atoms with van der Waals surface area (Å²) in [4.78, 5) is 0. The molecule has 2 aliphatic rings. The van der Waals surface area contributed by atoms with Gasteiger partial charge in [0.05, 0.1) is 0 Å². The van der Waals surface area contributed by atoms with Gasteiger partial charge in [0.15, 0.2) is 0 Å². The Morgan fingerprint density at radius 1 is 0.833 bits per heavy atom. The van der Waals surface area contributed by atoms with Crippen LogP contribution in [0.2, 0.25) is 0 Å². The van der Waals surface area contributed by atoms with Crippen LogP contribution in [0.25, 0.3) is 0 Å². The minimum atomic E-state index is 1.14. The molecule has 2 aliphatic carbocycles. The molecule has 0 heteroatoms. The highest BCUT2D eigenvalue weighted by Gasteiger charge is 1.84. The van der Waals surface area contributed by atoms with Crippen LogP contribution < -0.4 is 0 Å². The lowest BCUT2D eigenvalue weighted by atomic mass is 10.3. The summed E-state index contributed by atoms with van der Waals surface area (Å²) in [6.07, 6.45) is 15.3. The Balaban J connectivity index is 0.000000120. The fourth-order valence-corrected chi connectivity index (χ4v) is 1.15. The predicted molar refractivity (Wildman–Crippen MR) is 55.0 cm³/mol. The third-order valence-corrected chi connectivity index (χ3v) is 1.91. The van der Waals surface area contributed by atoms with Gasteiger partial charge in [0.1, 0.15) is 0 Å². The molecule has 0 bridgehead atoms.